The summed E-state index contributed by atoms with van der Waals surface area (Å²) in [5, 5.41) is 0. The monoisotopic (exact) mass is 213 g/mol. The fourth-order valence-electron chi connectivity index (χ4n) is 1.17. The quantitative estimate of drug-likeness (QED) is 0.781. The van der Waals surface area contributed by atoms with Crippen molar-refractivity contribution in [2.75, 3.05) is 6.61 Å². The van der Waals surface area contributed by atoms with Crippen LogP contribution in [0.5, 0.6) is 5.75 Å². The van der Waals surface area contributed by atoms with Crippen molar-refractivity contribution in [2.45, 2.75) is 13.0 Å². The van der Waals surface area contributed by atoms with E-state index >= 15 is 0 Å². The van der Waals surface area contributed by atoms with E-state index in [1.54, 1.807) is 6.08 Å². The second-order valence-corrected chi connectivity index (χ2v) is 2.73. The van der Waals surface area contributed by atoms with E-state index in [1.807, 2.05) is 31.2 Å². The van der Waals surface area contributed by atoms with Crippen LogP contribution in [0.3, 0.4) is 0 Å². The number of hydrogen-bond donors (Lipinski definition) is 1. The SMILES string of the molecule is C=C[C@H](N)c1ccccc1OCC.Cl. The van der Waals surface area contributed by atoms with E-state index in [9.17, 15) is 0 Å². The average molecular weight is 214 g/mol. The van der Waals surface area contributed by atoms with Crippen LogP contribution in [0.25, 0.3) is 0 Å². The zero-order chi connectivity index (χ0) is 9.68. The van der Waals surface area contributed by atoms with E-state index in [4.69, 9.17) is 10.5 Å². The number of para-hydroxylation sites is 1. The third-order valence-corrected chi connectivity index (χ3v) is 1.83. The van der Waals surface area contributed by atoms with Crippen LogP contribution in [0.4, 0.5) is 0 Å². The molecule has 0 aliphatic heterocycles. The van der Waals surface area contributed by atoms with Gasteiger partial charge in [0, 0.05) is 5.56 Å². The van der Waals surface area contributed by atoms with Crippen molar-refractivity contribution in [1.82, 2.24) is 0 Å². The molecule has 0 aliphatic rings. The molecule has 2 N–H and O–H groups in total. The Hall–Kier alpha value is -0.990. The minimum atomic E-state index is -0.150. The van der Waals surface area contributed by atoms with Crippen LogP contribution in [0.1, 0.15) is 18.5 Å². The molecule has 0 aliphatic carbocycles. The molecule has 3 heteroatoms. The van der Waals surface area contributed by atoms with Crippen LogP contribution < -0.4 is 10.5 Å². The minimum absolute atomic E-state index is 0. The number of halogens is 1. The van der Waals surface area contributed by atoms with Gasteiger partial charge in [-0.3, -0.25) is 0 Å². The maximum atomic E-state index is 5.83. The summed E-state index contributed by atoms with van der Waals surface area (Å²) in [5.41, 5.74) is 6.81. The highest BCUT2D eigenvalue weighted by molar-refractivity contribution is 5.85. The molecule has 1 rings (SSSR count). The first kappa shape index (κ1) is 13.0. The third kappa shape index (κ3) is 3.05. The lowest BCUT2D eigenvalue weighted by molar-refractivity contribution is 0.335. The maximum Gasteiger partial charge on any atom is 0.124 e. The number of ether oxygens (including phenoxy) is 1. The zero-order valence-corrected chi connectivity index (χ0v) is 9.09. The number of rotatable bonds is 4. The Labute approximate surface area is 91.2 Å². The van der Waals surface area contributed by atoms with E-state index in [-0.39, 0.29) is 18.4 Å². The molecule has 0 saturated carbocycles. The molecule has 2 nitrogen and oxygen atoms in total. The lowest BCUT2D eigenvalue weighted by Crippen LogP contribution is -2.08. The van der Waals surface area contributed by atoms with E-state index in [1.165, 1.54) is 0 Å². The van der Waals surface area contributed by atoms with Crippen LogP contribution in [-0.4, -0.2) is 6.61 Å². The fraction of sp³-hybridized carbons (Fsp3) is 0.273. The summed E-state index contributed by atoms with van der Waals surface area (Å²) >= 11 is 0. The molecule has 0 spiro atoms. The topological polar surface area (TPSA) is 35.2 Å². The van der Waals surface area contributed by atoms with Gasteiger partial charge in [0.2, 0.25) is 0 Å². The first-order valence-electron chi connectivity index (χ1n) is 4.39. The molecule has 0 unspecified atom stereocenters. The molecular weight excluding hydrogens is 198 g/mol. The van der Waals surface area contributed by atoms with Crippen LogP contribution >= 0.6 is 12.4 Å². The maximum absolute atomic E-state index is 5.83. The Morgan fingerprint density at radius 1 is 1.50 bits per heavy atom. The summed E-state index contributed by atoms with van der Waals surface area (Å²) < 4.78 is 5.43. The van der Waals surface area contributed by atoms with Crippen LogP contribution in [-0.2, 0) is 0 Å². The normalized spacial score (nSPS) is 11.3. The van der Waals surface area contributed by atoms with Gasteiger partial charge in [0.25, 0.3) is 0 Å². The van der Waals surface area contributed by atoms with E-state index in [0.717, 1.165) is 11.3 Å². The fourth-order valence-corrected chi connectivity index (χ4v) is 1.17. The van der Waals surface area contributed by atoms with Gasteiger partial charge in [-0.15, -0.1) is 19.0 Å². The first-order chi connectivity index (χ1) is 6.29. The van der Waals surface area contributed by atoms with E-state index < -0.39 is 0 Å². The highest BCUT2D eigenvalue weighted by Crippen LogP contribution is 2.23. The molecule has 78 valence electrons. The number of nitrogens with two attached hydrogens (primary N) is 1. The summed E-state index contributed by atoms with van der Waals surface area (Å²) in [5.74, 6) is 0.845. The molecule has 1 atom stereocenters. The van der Waals surface area contributed by atoms with Crippen molar-refractivity contribution in [2.24, 2.45) is 5.73 Å². The molecular formula is C11H16ClNO. The first-order valence-corrected chi connectivity index (χ1v) is 4.39. The van der Waals surface area contributed by atoms with Gasteiger partial charge in [0.15, 0.2) is 0 Å². The zero-order valence-electron chi connectivity index (χ0n) is 8.27. The van der Waals surface area contributed by atoms with Gasteiger partial charge in [-0.05, 0) is 13.0 Å². The lowest BCUT2D eigenvalue weighted by Gasteiger charge is -2.12. The van der Waals surface area contributed by atoms with Gasteiger partial charge in [0.1, 0.15) is 5.75 Å². The molecule has 1 aromatic carbocycles. The summed E-state index contributed by atoms with van der Waals surface area (Å²) in [7, 11) is 0. The van der Waals surface area contributed by atoms with E-state index in [0.29, 0.717) is 6.61 Å². The Morgan fingerprint density at radius 2 is 2.14 bits per heavy atom. The van der Waals surface area contributed by atoms with Crippen LogP contribution in [0.15, 0.2) is 36.9 Å². The minimum Gasteiger partial charge on any atom is -0.494 e. The van der Waals surface area contributed by atoms with Crippen molar-refractivity contribution in [3.05, 3.63) is 42.5 Å². The van der Waals surface area contributed by atoms with E-state index in [2.05, 4.69) is 6.58 Å². The van der Waals surface area contributed by atoms with Crippen molar-refractivity contribution in [3.63, 3.8) is 0 Å². The second-order valence-electron chi connectivity index (χ2n) is 2.73. The summed E-state index contributed by atoms with van der Waals surface area (Å²) in [6.07, 6.45) is 1.71. The molecule has 0 radical (unpaired) electrons. The molecule has 1 aromatic rings. The summed E-state index contributed by atoms with van der Waals surface area (Å²) in [4.78, 5) is 0. The standard InChI is InChI=1S/C11H15NO.ClH/c1-3-10(12)9-7-5-6-8-11(9)13-4-2;/h3,5-8,10H,1,4,12H2,2H3;1H/t10-;/m0./s1. The molecule has 0 bridgehead atoms. The molecule has 0 fully saturated rings. The number of hydrogen-bond acceptors (Lipinski definition) is 2. The van der Waals surface area contributed by atoms with Gasteiger partial charge in [-0.2, -0.15) is 0 Å². The predicted molar refractivity (Wildman–Crippen MR) is 62.0 cm³/mol. The average Bonchev–Trinajstić information content (AvgIpc) is 2.18. The van der Waals surface area contributed by atoms with Crippen molar-refractivity contribution < 1.29 is 4.74 Å². The predicted octanol–water partition coefficient (Wildman–Crippen LogP) is 2.69. The molecule has 14 heavy (non-hydrogen) atoms. The van der Waals surface area contributed by atoms with Crippen molar-refractivity contribution in [1.29, 1.82) is 0 Å². The van der Waals surface area contributed by atoms with Gasteiger partial charge in [0.05, 0.1) is 12.6 Å². The van der Waals surface area contributed by atoms with Gasteiger partial charge >= 0.3 is 0 Å². The van der Waals surface area contributed by atoms with Crippen LogP contribution in [0, 0.1) is 0 Å². The Morgan fingerprint density at radius 3 is 2.71 bits per heavy atom. The largest absolute Gasteiger partial charge is 0.494 e. The number of benzene rings is 1. The van der Waals surface area contributed by atoms with Crippen molar-refractivity contribution in [3.8, 4) is 5.75 Å². The molecule has 0 amide bonds. The Balaban J connectivity index is 0.00000169. The molecule has 0 saturated heterocycles. The smallest absolute Gasteiger partial charge is 0.124 e. The third-order valence-electron chi connectivity index (χ3n) is 1.83. The van der Waals surface area contributed by atoms with Gasteiger partial charge in [-0.25, -0.2) is 0 Å². The van der Waals surface area contributed by atoms with Crippen molar-refractivity contribution >= 4 is 12.4 Å². The highest BCUT2D eigenvalue weighted by Gasteiger charge is 2.06. The lowest BCUT2D eigenvalue weighted by atomic mass is 10.1. The molecule has 0 aromatic heterocycles. The molecule has 0 heterocycles. The Bertz CT molecular complexity index is 288. The highest BCUT2D eigenvalue weighted by atomic mass is 35.5. The Kier molecular flexibility index (Phi) is 6.00. The summed E-state index contributed by atoms with van der Waals surface area (Å²) in [6.45, 7) is 6.27. The summed E-state index contributed by atoms with van der Waals surface area (Å²) in [6, 6.07) is 7.60. The second kappa shape index (κ2) is 6.46. The van der Waals surface area contributed by atoms with Crippen LogP contribution in [0.2, 0.25) is 0 Å². The van der Waals surface area contributed by atoms with Gasteiger partial charge in [-0.1, -0.05) is 24.3 Å². The van der Waals surface area contributed by atoms with Gasteiger partial charge < -0.3 is 10.5 Å².